The van der Waals surface area contributed by atoms with Crippen LogP contribution < -0.4 is 10.1 Å². The molecule has 0 heterocycles. The predicted molar refractivity (Wildman–Crippen MR) is 86.1 cm³/mol. The van der Waals surface area contributed by atoms with Crippen LogP contribution in [0.2, 0.25) is 5.02 Å². The first kappa shape index (κ1) is 15.8. The van der Waals surface area contributed by atoms with E-state index in [-0.39, 0.29) is 0 Å². The highest BCUT2D eigenvalue weighted by atomic mass is 35.5. The van der Waals surface area contributed by atoms with Crippen molar-refractivity contribution in [2.75, 3.05) is 13.7 Å². The van der Waals surface area contributed by atoms with Crippen LogP contribution in [0.5, 0.6) is 11.5 Å². The van der Waals surface area contributed by atoms with E-state index >= 15 is 0 Å². The molecule has 2 aromatic carbocycles. The number of ether oxygens (including phenoxy) is 2. The summed E-state index contributed by atoms with van der Waals surface area (Å²) < 4.78 is 11.1. The van der Waals surface area contributed by atoms with Gasteiger partial charge in [-0.05, 0) is 42.4 Å². The number of benzene rings is 2. The van der Waals surface area contributed by atoms with E-state index in [1.807, 2.05) is 42.5 Å². The Labute approximate surface area is 130 Å². The SMILES string of the molecule is CCNCc1cc(Cl)ccc1Oc1cccc(COC)c1. The van der Waals surface area contributed by atoms with Crippen LogP contribution in [0.15, 0.2) is 42.5 Å². The lowest BCUT2D eigenvalue weighted by Gasteiger charge is -2.13. The van der Waals surface area contributed by atoms with E-state index in [1.54, 1.807) is 7.11 Å². The summed E-state index contributed by atoms with van der Waals surface area (Å²) in [4.78, 5) is 0. The molecule has 0 aliphatic carbocycles. The van der Waals surface area contributed by atoms with Crippen molar-refractivity contribution in [1.82, 2.24) is 5.32 Å². The molecule has 1 N–H and O–H groups in total. The summed E-state index contributed by atoms with van der Waals surface area (Å²) in [6.07, 6.45) is 0. The molecule has 0 bridgehead atoms. The van der Waals surface area contributed by atoms with Gasteiger partial charge in [0.05, 0.1) is 6.61 Å². The van der Waals surface area contributed by atoms with Gasteiger partial charge in [-0.3, -0.25) is 0 Å². The number of hydrogen-bond donors (Lipinski definition) is 1. The molecule has 3 nitrogen and oxygen atoms in total. The van der Waals surface area contributed by atoms with Crippen molar-refractivity contribution in [2.24, 2.45) is 0 Å². The van der Waals surface area contributed by atoms with E-state index in [4.69, 9.17) is 21.1 Å². The van der Waals surface area contributed by atoms with E-state index in [1.165, 1.54) is 0 Å². The molecule has 2 rings (SSSR count). The highest BCUT2D eigenvalue weighted by Crippen LogP contribution is 2.28. The molecular formula is C17H20ClNO2. The van der Waals surface area contributed by atoms with Crippen molar-refractivity contribution in [3.63, 3.8) is 0 Å². The normalized spacial score (nSPS) is 10.6. The van der Waals surface area contributed by atoms with Gasteiger partial charge in [-0.1, -0.05) is 30.7 Å². The lowest BCUT2D eigenvalue weighted by molar-refractivity contribution is 0.184. The smallest absolute Gasteiger partial charge is 0.132 e. The van der Waals surface area contributed by atoms with Gasteiger partial charge in [-0.25, -0.2) is 0 Å². The molecule has 112 valence electrons. The Morgan fingerprint density at radius 1 is 1.14 bits per heavy atom. The summed E-state index contributed by atoms with van der Waals surface area (Å²) >= 11 is 6.07. The molecule has 0 atom stereocenters. The van der Waals surface area contributed by atoms with Crippen LogP contribution >= 0.6 is 11.6 Å². The van der Waals surface area contributed by atoms with Crippen molar-refractivity contribution in [3.05, 3.63) is 58.6 Å². The maximum atomic E-state index is 6.07. The number of nitrogens with one attached hydrogen (secondary N) is 1. The van der Waals surface area contributed by atoms with Crippen LogP contribution in [0.25, 0.3) is 0 Å². The molecule has 0 unspecified atom stereocenters. The van der Waals surface area contributed by atoms with Crippen LogP contribution in [0.4, 0.5) is 0 Å². The minimum atomic E-state index is 0.571. The second-order valence-corrected chi connectivity index (χ2v) is 5.15. The fourth-order valence-corrected chi connectivity index (χ4v) is 2.23. The highest BCUT2D eigenvalue weighted by molar-refractivity contribution is 6.30. The summed E-state index contributed by atoms with van der Waals surface area (Å²) in [5.74, 6) is 1.61. The van der Waals surface area contributed by atoms with Gasteiger partial charge in [-0.2, -0.15) is 0 Å². The fourth-order valence-electron chi connectivity index (χ4n) is 2.04. The van der Waals surface area contributed by atoms with E-state index in [0.29, 0.717) is 11.6 Å². The minimum Gasteiger partial charge on any atom is -0.457 e. The van der Waals surface area contributed by atoms with Crippen LogP contribution in [-0.4, -0.2) is 13.7 Å². The van der Waals surface area contributed by atoms with Gasteiger partial charge < -0.3 is 14.8 Å². The zero-order valence-corrected chi connectivity index (χ0v) is 13.1. The van der Waals surface area contributed by atoms with Crippen molar-refractivity contribution in [2.45, 2.75) is 20.1 Å². The Morgan fingerprint density at radius 3 is 2.76 bits per heavy atom. The lowest BCUT2D eigenvalue weighted by Crippen LogP contribution is -2.12. The second-order valence-electron chi connectivity index (χ2n) is 4.71. The van der Waals surface area contributed by atoms with Gasteiger partial charge in [0, 0.05) is 24.2 Å². The molecule has 0 saturated carbocycles. The molecule has 2 aromatic rings. The summed E-state index contributed by atoms with van der Waals surface area (Å²) in [5.41, 5.74) is 2.12. The largest absolute Gasteiger partial charge is 0.457 e. The summed E-state index contributed by atoms with van der Waals surface area (Å²) in [7, 11) is 1.68. The monoisotopic (exact) mass is 305 g/mol. The highest BCUT2D eigenvalue weighted by Gasteiger charge is 2.06. The van der Waals surface area contributed by atoms with Gasteiger partial charge in [0.15, 0.2) is 0 Å². The van der Waals surface area contributed by atoms with E-state index in [0.717, 1.165) is 35.7 Å². The van der Waals surface area contributed by atoms with E-state index < -0.39 is 0 Å². The summed E-state index contributed by atoms with van der Waals surface area (Å²) in [5, 5.41) is 4.00. The van der Waals surface area contributed by atoms with Crippen LogP contribution in [0, 0.1) is 0 Å². The number of methoxy groups -OCH3 is 1. The zero-order valence-electron chi connectivity index (χ0n) is 12.4. The predicted octanol–water partition coefficient (Wildman–Crippen LogP) is 4.39. The average molecular weight is 306 g/mol. The molecule has 4 heteroatoms. The van der Waals surface area contributed by atoms with Gasteiger partial charge in [0.1, 0.15) is 11.5 Å². The molecule has 0 saturated heterocycles. The topological polar surface area (TPSA) is 30.5 Å². The van der Waals surface area contributed by atoms with Gasteiger partial charge in [-0.15, -0.1) is 0 Å². The van der Waals surface area contributed by atoms with Crippen LogP contribution in [0.3, 0.4) is 0 Å². The molecular weight excluding hydrogens is 286 g/mol. The Hall–Kier alpha value is -1.55. The van der Waals surface area contributed by atoms with Gasteiger partial charge >= 0.3 is 0 Å². The molecule has 21 heavy (non-hydrogen) atoms. The second kappa shape index (κ2) is 8.03. The van der Waals surface area contributed by atoms with Crippen LogP contribution in [-0.2, 0) is 17.9 Å². The first-order chi connectivity index (χ1) is 10.2. The third-order valence-electron chi connectivity index (χ3n) is 3.03. The average Bonchev–Trinajstić information content (AvgIpc) is 2.48. The summed E-state index contributed by atoms with van der Waals surface area (Å²) in [6, 6.07) is 13.6. The Morgan fingerprint density at radius 2 is 2.00 bits per heavy atom. The third-order valence-corrected chi connectivity index (χ3v) is 3.26. The number of rotatable bonds is 7. The molecule has 0 aromatic heterocycles. The fraction of sp³-hybridized carbons (Fsp3) is 0.294. The van der Waals surface area contributed by atoms with Crippen molar-refractivity contribution in [1.29, 1.82) is 0 Å². The lowest BCUT2D eigenvalue weighted by atomic mass is 10.2. The van der Waals surface area contributed by atoms with E-state index in [9.17, 15) is 0 Å². The zero-order chi connectivity index (χ0) is 15.1. The Bertz CT molecular complexity index is 587. The van der Waals surface area contributed by atoms with E-state index in [2.05, 4.69) is 12.2 Å². The molecule has 0 spiro atoms. The Kier molecular flexibility index (Phi) is 6.05. The molecule has 0 amide bonds. The maximum absolute atomic E-state index is 6.07. The molecule has 0 aliphatic rings. The molecule has 0 aliphatic heterocycles. The van der Waals surface area contributed by atoms with Gasteiger partial charge in [0.25, 0.3) is 0 Å². The van der Waals surface area contributed by atoms with Crippen LogP contribution in [0.1, 0.15) is 18.1 Å². The molecule has 0 radical (unpaired) electrons. The standard InChI is InChI=1S/C17H20ClNO2/c1-3-19-11-14-10-15(18)7-8-17(14)21-16-6-4-5-13(9-16)12-20-2/h4-10,19H,3,11-12H2,1-2H3. The quantitative estimate of drug-likeness (QED) is 0.823. The molecule has 0 fully saturated rings. The first-order valence-corrected chi connectivity index (χ1v) is 7.35. The number of halogens is 1. The van der Waals surface area contributed by atoms with Crippen molar-refractivity contribution >= 4 is 11.6 Å². The first-order valence-electron chi connectivity index (χ1n) is 6.97. The van der Waals surface area contributed by atoms with Gasteiger partial charge in [0.2, 0.25) is 0 Å². The minimum absolute atomic E-state index is 0.571. The van der Waals surface area contributed by atoms with Crippen molar-refractivity contribution in [3.8, 4) is 11.5 Å². The number of hydrogen-bond acceptors (Lipinski definition) is 3. The summed E-state index contributed by atoms with van der Waals surface area (Å²) in [6.45, 7) is 4.26. The van der Waals surface area contributed by atoms with Crippen molar-refractivity contribution < 1.29 is 9.47 Å². The Balaban J connectivity index is 2.20. The maximum Gasteiger partial charge on any atom is 0.132 e. The third kappa shape index (κ3) is 4.74.